The number of aliphatic hydroxyl groups excluding tert-OH is 1. The monoisotopic (exact) mass is 233 g/mol. The fourth-order valence-corrected chi connectivity index (χ4v) is 0.938. The van der Waals surface area contributed by atoms with Gasteiger partial charge in [-0.3, -0.25) is 0 Å². The predicted molar refractivity (Wildman–Crippen MR) is 56.9 cm³/mol. The standard InChI is InChI=1S/C10H19NO5/c1-6(12)7(8(13)15-5)11-9(14)16-10(2,3)4/h6-7,12H,1-5H3,(H,11,14)/t6-,7+/m0/s1. The molecule has 0 spiro atoms. The van der Waals surface area contributed by atoms with E-state index in [1.807, 2.05) is 0 Å². The topological polar surface area (TPSA) is 84.9 Å². The van der Waals surface area contributed by atoms with Crippen molar-refractivity contribution >= 4 is 12.1 Å². The first kappa shape index (κ1) is 14.7. The minimum Gasteiger partial charge on any atom is -0.467 e. The molecule has 16 heavy (non-hydrogen) atoms. The Kier molecular flexibility index (Phi) is 5.23. The quantitative estimate of drug-likeness (QED) is 0.691. The van der Waals surface area contributed by atoms with Gasteiger partial charge in [-0.25, -0.2) is 9.59 Å². The maximum atomic E-state index is 11.3. The van der Waals surface area contributed by atoms with Crippen LogP contribution in [0, 0.1) is 0 Å². The molecule has 2 N–H and O–H groups in total. The summed E-state index contributed by atoms with van der Waals surface area (Å²) in [4.78, 5) is 22.5. The van der Waals surface area contributed by atoms with Gasteiger partial charge in [-0.2, -0.15) is 0 Å². The SMILES string of the molecule is COC(=O)[C@H](NC(=O)OC(C)(C)C)[C@H](C)O. The van der Waals surface area contributed by atoms with Crippen molar-refractivity contribution in [3.05, 3.63) is 0 Å². The summed E-state index contributed by atoms with van der Waals surface area (Å²) in [5.74, 6) is -0.721. The highest BCUT2D eigenvalue weighted by molar-refractivity contribution is 5.81. The molecule has 0 aromatic carbocycles. The lowest BCUT2D eigenvalue weighted by atomic mass is 10.2. The van der Waals surface area contributed by atoms with Crippen LogP contribution in [0.1, 0.15) is 27.7 Å². The van der Waals surface area contributed by atoms with Gasteiger partial charge in [-0.05, 0) is 27.7 Å². The Morgan fingerprint density at radius 3 is 2.12 bits per heavy atom. The van der Waals surface area contributed by atoms with E-state index in [2.05, 4.69) is 10.1 Å². The number of ether oxygens (including phenoxy) is 2. The van der Waals surface area contributed by atoms with Crippen LogP contribution in [0.4, 0.5) is 4.79 Å². The van der Waals surface area contributed by atoms with Gasteiger partial charge in [0.05, 0.1) is 13.2 Å². The Balaban J connectivity index is 4.42. The van der Waals surface area contributed by atoms with E-state index < -0.39 is 29.8 Å². The molecule has 0 unspecified atom stereocenters. The first-order valence-corrected chi connectivity index (χ1v) is 4.93. The van der Waals surface area contributed by atoms with Crippen molar-refractivity contribution < 1.29 is 24.2 Å². The third-order valence-electron chi connectivity index (χ3n) is 1.61. The smallest absolute Gasteiger partial charge is 0.408 e. The highest BCUT2D eigenvalue weighted by Gasteiger charge is 2.28. The van der Waals surface area contributed by atoms with Gasteiger partial charge < -0.3 is 19.9 Å². The van der Waals surface area contributed by atoms with Crippen molar-refractivity contribution in [3.63, 3.8) is 0 Å². The van der Waals surface area contributed by atoms with Crippen molar-refractivity contribution in [2.24, 2.45) is 0 Å². The number of nitrogens with one attached hydrogen (secondary N) is 1. The molecule has 0 fully saturated rings. The summed E-state index contributed by atoms with van der Waals surface area (Å²) in [5.41, 5.74) is -0.663. The molecule has 0 bridgehead atoms. The molecular formula is C10H19NO5. The Morgan fingerprint density at radius 2 is 1.81 bits per heavy atom. The summed E-state index contributed by atoms with van der Waals surface area (Å²) in [6, 6.07) is -1.13. The third-order valence-corrected chi connectivity index (χ3v) is 1.61. The van der Waals surface area contributed by atoms with Crippen LogP contribution < -0.4 is 5.32 Å². The normalized spacial score (nSPS) is 14.9. The predicted octanol–water partition coefficient (Wildman–Crippen LogP) is 0.433. The highest BCUT2D eigenvalue weighted by Crippen LogP contribution is 2.07. The number of alkyl carbamates (subject to hydrolysis) is 1. The van der Waals surface area contributed by atoms with Crippen LogP contribution in [0.15, 0.2) is 0 Å². The van der Waals surface area contributed by atoms with E-state index in [9.17, 15) is 14.7 Å². The van der Waals surface area contributed by atoms with E-state index in [-0.39, 0.29) is 0 Å². The lowest BCUT2D eigenvalue weighted by molar-refractivity contribution is -0.145. The second-order valence-corrected chi connectivity index (χ2v) is 4.39. The number of hydrogen-bond acceptors (Lipinski definition) is 5. The zero-order valence-corrected chi connectivity index (χ0v) is 10.2. The van der Waals surface area contributed by atoms with Gasteiger partial charge in [0, 0.05) is 0 Å². The molecule has 1 amide bonds. The summed E-state index contributed by atoms with van der Waals surface area (Å²) in [6.45, 7) is 6.46. The molecule has 0 aromatic heterocycles. The minimum atomic E-state index is -1.13. The van der Waals surface area contributed by atoms with Crippen molar-refractivity contribution in [1.82, 2.24) is 5.32 Å². The molecule has 0 aromatic rings. The molecule has 94 valence electrons. The highest BCUT2D eigenvalue weighted by atomic mass is 16.6. The second kappa shape index (κ2) is 5.69. The van der Waals surface area contributed by atoms with Gasteiger partial charge in [0.25, 0.3) is 0 Å². The van der Waals surface area contributed by atoms with Crippen molar-refractivity contribution in [3.8, 4) is 0 Å². The second-order valence-electron chi connectivity index (χ2n) is 4.39. The van der Waals surface area contributed by atoms with Crippen LogP contribution >= 0.6 is 0 Å². The molecule has 0 heterocycles. The van der Waals surface area contributed by atoms with E-state index in [1.165, 1.54) is 14.0 Å². The van der Waals surface area contributed by atoms with Crippen LogP contribution in [-0.2, 0) is 14.3 Å². The van der Waals surface area contributed by atoms with Crippen LogP contribution in [0.25, 0.3) is 0 Å². The number of hydrogen-bond donors (Lipinski definition) is 2. The van der Waals surface area contributed by atoms with E-state index in [4.69, 9.17) is 4.74 Å². The van der Waals surface area contributed by atoms with Crippen LogP contribution in [0.2, 0.25) is 0 Å². The summed E-state index contributed by atoms with van der Waals surface area (Å²) in [7, 11) is 1.18. The molecule has 6 nitrogen and oxygen atoms in total. The van der Waals surface area contributed by atoms with Crippen LogP contribution in [0.5, 0.6) is 0 Å². The van der Waals surface area contributed by atoms with Crippen molar-refractivity contribution in [2.45, 2.75) is 45.4 Å². The van der Waals surface area contributed by atoms with E-state index in [1.54, 1.807) is 20.8 Å². The zero-order chi connectivity index (χ0) is 12.9. The molecule has 6 heteroatoms. The number of carbonyl (C=O) groups excluding carboxylic acids is 2. The molecule has 0 saturated carbocycles. The molecule has 2 atom stereocenters. The number of aliphatic hydroxyl groups is 1. The van der Waals surface area contributed by atoms with Crippen LogP contribution in [-0.4, -0.2) is 42.0 Å². The van der Waals surface area contributed by atoms with Gasteiger partial charge in [0.2, 0.25) is 0 Å². The zero-order valence-electron chi connectivity index (χ0n) is 10.2. The maximum absolute atomic E-state index is 11.3. The number of esters is 1. The Labute approximate surface area is 94.9 Å². The van der Waals surface area contributed by atoms with Gasteiger partial charge in [-0.1, -0.05) is 0 Å². The average molecular weight is 233 g/mol. The van der Waals surface area contributed by atoms with E-state index >= 15 is 0 Å². The molecule has 0 radical (unpaired) electrons. The summed E-state index contributed by atoms with van der Waals surface area (Å²) in [5, 5.41) is 11.5. The fourth-order valence-electron chi connectivity index (χ4n) is 0.938. The van der Waals surface area contributed by atoms with Gasteiger partial charge in [0.15, 0.2) is 6.04 Å². The molecule has 0 rings (SSSR count). The van der Waals surface area contributed by atoms with Crippen molar-refractivity contribution in [1.29, 1.82) is 0 Å². The van der Waals surface area contributed by atoms with E-state index in [0.717, 1.165) is 0 Å². The number of carbonyl (C=O) groups is 2. The van der Waals surface area contributed by atoms with Crippen LogP contribution in [0.3, 0.4) is 0 Å². The summed E-state index contributed by atoms with van der Waals surface area (Å²) >= 11 is 0. The Bertz CT molecular complexity index is 256. The summed E-state index contributed by atoms with van der Waals surface area (Å²) in [6.07, 6.45) is -1.83. The minimum absolute atomic E-state index is 0.663. The molecule has 0 saturated heterocycles. The first-order valence-electron chi connectivity index (χ1n) is 4.93. The average Bonchev–Trinajstić information content (AvgIpc) is 2.09. The van der Waals surface area contributed by atoms with Crippen molar-refractivity contribution in [2.75, 3.05) is 7.11 Å². The molecule has 0 aliphatic heterocycles. The number of amides is 1. The number of methoxy groups -OCH3 is 1. The summed E-state index contributed by atoms with van der Waals surface area (Å²) < 4.78 is 9.38. The molecular weight excluding hydrogens is 214 g/mol. The fraction of sp³-hybridized carbons (Fsp3) is 0.800. The Morgan fingerprint density at radius 1 is 1.31 bits per heavy atom. The first-order chi connectivity index (χ1) is 7.17. The molecule has 0 aliphatic carbocycles. The van der Waals surface area contributed by atoms with Gasteiger partial charge in [0.1, 0.15) is 5.60 Å². The molecule has 0 aliphatic rings. The van der Waals surface area contributed by atoms with Gasteiger partial charge >= 0.3 is 12.1 Å². The Hall–Kier alpha value is -1.30. The number of rotatable bonds is 3. The lowest BCUT2D eigenvalue weighted by Crippen LogP contribution is -2.49. The van der Waals surface area contributed by atoms with E-state index in [0.29, 0.717) is 0 Å². The maximum Gasteiger partial charge on any atom is 0.408 e. The largest absolute Gasteiger partial charge is 0.467 e. The third kappa shape index (κ3) is 5.55. The lowest BCUT2D eigenvalue weighted by Gasteiger charge is -2.23. The van der Waals surface area contributed by atoms with Gasteiger partial charge in [-0.15, -0.1) is 0 Å².